The van der Waals surface area contributed by atoms with E-state index in [9.17, 15) is 13.2 Å². The second kappa shape index (κ2) is 9.18. The predicted molar refractivity (Wildman–Crippen MR) is 120 cm³/mol. The van der Waals surface area contributed by atoms with E-state index in [1.54, 1.807) is 12.1 Å². The van der Waals surface area contributed by atoms with Crippen molar-refractivity contribution in [2.24, 2.45) is 0 Å². The molecule has 1 heterocycles. The van der Waals surface area contributed by atoms with Gasteiger partial charge in [0.25, 0.3) is 5.91 Å². The van der Waals surface area contributed by atoms with Crippen molar-refractivity contribution in [3.63, 3.8) is 0 Å². The van der Waals surface area contributed by atoms with Crippen LogP contribution in [-0.2, 0) is 29.5 Å². The van der Waals surface area contributed by atoms with Gasteiger partial charge in [0.15, 0.2) is 0 Å². The molecule has 0 saturated carbocycles. The Bertz CT molecular complexity index is 1020. The van der Waals surface area contributed by atoms with Gasteiger partial charge in [0.1, 0.15) is 6.54 Å². The molecule has 0 aromatic heterocycles. The summed E-state index contributed by atoms with van der Waals surface area (Å²) in [6, 6.07) is 13.4. The average molecular weight is 431 g/mol. The summed E-state index contributed by atoms with van der Waals surface area (Å²) in [7, 11) is -3.33. The Morgan fingerprint density at radius 2 is 1.80 bits per heavy atom. The molecule has 2 aromatic rings. The van der Waals surface area contributed by atoms with Gasteiger partial charge < -0.3 is 10.2 Å². The minimum atomic E-state index is -3.33. The molecular weight excluding hydrogens is 398 g/mol. The first-order valence-electron chi connectivity index (χ1n) is 10.6. The van der Waals surface area contributed by atoms with Crippen molar-refractivity contribution in [2.75, 3.05) is 23.7 Å². The molecular formula is C23H32N3O3S+. The Morgan fingerprint density at radius 1 is 1.13 bits per heavy atom. The molecule has 0 spiro atoms. The quantitative estimate of drug-likeness (QED) is 0.670. The molecule has 1 amide bonds. The lowest BCUT2D eigenvalue weighted by molar-refractivity contribution is -0.910. The second-order valence-corrected chi connectivity index (χ2v) is 9.90. The lowest BCUT2D eigenvalue weighted by atomic mass is 10.1. The molecule has 2 aromatic carbocycles. The van der Waals surface area contributed by atoms with E-state index < -0.39 is 10.0 Å². The maximum absolute atomic E-state index is 12.8. The molecule has 162 valence electrons. The van der Waals surface area contributed by atoms with Gasteiger partial charge in [-0.3, -0.25) is 9.10 Å². The van der Waals surface area contributed by atoms with Crippen molar-refractivity contribution in [2.45, 2.75) is 46.3 Å². The number of rotatable bonds is 8. The van der Waals surface area contributed by atoms with Gasteiger partial charge in [-0.05, 0) is 56.5 Å². The number of anilines is 1. The standard InChI is InChI=1S/C23H31N3O3S/c1-5-25(6-2)16-20-10-8-7-9-19(20)15-24-23(27)18-11-12-22-21(14-18)13-17(3)26(22)30(4,28)29/h7-12,14,17H,5-6,13,15-16H2,1-4H3,(H,24,27)/p+1/t17-/m1/s1. The number of nitrogens with zero attached hydrogens (tertiary/aromatic N) is 1. The molecule has 0 unspecified atom stereocenters. The Morgan fingerprint density at radius 3 is 2.43 bits per heavy atom. The molecule has 1 atom stereocenters. The number of benzene rings is 2. The summed E-state index contributed by atoms with van der Waals surface area (Å²) >= 11 is 0. The summed E-state index contributed by atoms with van der Waals surface area (Å²) in [6.45, 7) is 9.79. The number of amides is 1. The van der Waals surface area contributed by atoms with E-state index in [4.69, 9.17) is 0 Å². The highest BCUT2D eigenvalue weighted by Gasteiger charge is 2.32. The number of hydrogen-bond acceptors (Lipinski definition) is 3. The van der Waals surface area contributed by atoms with Crippen LogP contribution in [0.2, 0.25) is 0 Å². The van der Waals surface area contributed by atoms with Crippen molar-refractivity contribution in [1.82, 2.24) is 5.32 Å². The third-order valence-electron chi connectivity index (χ3n) is 5.85. The van der Waals surface area contributed by atoms with E-state index in [-0.39, 0.29) is 11.9 Å². The molecule has 0 fully saturated rings. The largest absolute Gasteiger partial charge is 0.348 e. The highest BCUT2D eigenvalue weighted by atomic mass is 32.2. The van der Waals surface area contributed by atoms with Crippen molar-refractivity contribution >= 4 is 21.6 Å². The number of fused-ring (bicyclic) bond motifs is 1. The molecule has 2 N–H and O–H groups in total. The first-order chi connectivity index (χ1) is 14.2. The van der Waals surface area contributed by atoms with Crippen molar-refractivity contribution in [3.8, 4) is 0 Å². The zero-order chi connectivity index (χ0) is 21.9. The topological polar surface area (TPSA) is 70.9 Å². The van der Waals surface area contributed by atoms with Crippen LogP contribution in [0.5, 0.6) is 0 Å². The Labute approximate surface area is 179 Å². The molecule has 7 heteroatoms. The third-order valence-corrected chi connectivity index (χ3v) is 7.12. The molecule has 1 aliphatic rings. The van der Waals surface area contributed by atoms with Crippen molar-refractivity contribution in [1.29, 1.82) is 0 Å². The Kier molecular flexibility index (Phi) is 6.83. The van der Waals surface area contributed by atoms with Gasteiger partial charge in [0, 0.05) is 23.7 Å². The first-order valence-corrected chi connectivity index (χ1v) is 12.4. The van der Waals surface area contributed by atoms with Crippen LogP contribution in [0.1, 0.15) is 47.8 Å². The summed E-state index contributed by atoms with van der Waals surface area (Å²) in [6.07, 6.45) is 1.83. The first kappa shape index (κ1) is 22.3. The zero-order valence-corrected chi connectivity index (χ0v) is 19.1. The molecule has 1 aliphatic heterocycles. The van der Waals surface area contributed by atoms with Crippen molar-refractivity contribution in [3.05, 3.63) is 64.7 Å². The van der Waals surface area contributed by atoms with Crippen LogP contribution in [0.25, 0.3) is 0 Å². The van der Waals surface area contributed by atoms with Crippen LogP contribution in [0, 0.1) is 0 Å². The van der Waals surface area contributed by atoms with E-state index in [1.165, 1.54) is 21.0 Å². The number of carbonyl (C=O) groups is 1. The molecule has 6 nitrogen and oxygen atoms in total. The van der Waals surface area contributed by atoms with Gasteiger partial charge in [-0.2, -0.15) is 0 Å². The van der Waals surface area contributed by atoms with Crippen LogP contribution in [0.3, 0.4) is 0 Å². The van der Waals surface area contributed by atoms with E-state index >= 15 is 0 Å². The summed E-state index contributed by atoms with van der Waals surface area (Å²) in [4.78, 5) is 14.3. The number of sulfonamides is 1. The van der Waals surface area contributed by atoms with Gasteiger partial charge >= 0.3 is 0 Å². The fourth-order valence-corrected chi connectivity index (χ4v) is 5.46. The van der Waals surface area contributed by atoms with Crippen LogP contribution in [-0.4, -0.2) is 39.7 Å². The lowest BCUT2D eigenvalue weighted by Gasteiger charge is -2.22. The van der Waals surface area contributed by atoms with Gasteiger partial charge in [-0.25, -0.2) is 8.42 Å². The highest BCUT2D eigenvalue weighted by molar-refractivity contribution is 7.92. The third kappa shape index (κ3) is 4.84. The smallest absolute Gasteiger partial charge is 0.251 e. The van der Waals surface area contributed by atoms with E-state index in [0.717, 1.165) is 30.8 Å². The SMILES string of the molecule is CC[NH+](CC)Cc1ccccc1CNC(=O)c1ccc2c(c1)C[C@@H](C)N2S(C)(=O)=O. The molecule has 0 aliphatic carbocycles. The van der Waals surface area contributed by atoms with Crippen LogP contribution in [0.15, 0.2) is 42.5 Å². The average Bonchev–Trinajstić information content (AvgIpc) is 3.06. The number of nitrogens with one attached hydrogen (secondary N) is 2. The van der Waals surface area contributed by atoms with E-state index in [2.05, 4.69) is 31.3 Å². The Hall–Kier alpha value is -2.38. The molecule has 30 heavy (non-hydrogen) atoms. The van der Waals surface area contributed by atoms with Gasteiger partial charge in [0.05, 0.1) is 25.0 Å². The van der Waals surface area contributed by atoms with Gasteiger partial charge in [-0.1, -0.05) is 24.3 Å². The zero-order valence-electron chi connectivity index (χ0n) is 18.2. The number of hydrogen-bond donors (Lipinski definition) is 2. The summed E-state index contributed by atoms with van der Waals surface area (Å²) in [5.41, 5.74) is 4.51. The monoisotopic (exact) mass is 430 g/mol. The Balaban J connectivity index is 1.72. The summed E-state index contributed by atoms with van der Waals surface area (Å²) in [5.74, 6) is -0.145. The fraction of sp³-hybridized carbons (Fsp3) is 0.435. The second-order valence-electron chi connectivity index (χ2n) is 8.04. The highest BCUT2D eigenvalue weighted by Crippen LogP contribution is 2.34. The lowest BCUT2D eigenvalue weighted by Crippen LogP contribution is -3.10. The molecule has 0 saturated heterocycles. The molecule has 3 rings (SSSR count). The van der Waals surface area contributed by atoms with Crippen LogP contribution < -0.4 is 14.5 Å². The fourth-order valence-electron chi connectivity index (χ4n) is 4.20. The number of quaternary nitrogens is 1. The van der Waals surface area contributed by atoms with Crippen LogP contribution in [0.4, 0.5) is 5.69 Å². The number of carbonyl (C=O) groups excluding carboxylic acids is 1. The normalized spacial score (nSPS) is 16.0. The maximum Gasteiger partial charge on any atom is 0.251 e. The molecule has 0 bridgehead atoms. The van der Waals surface area contributed by atoms with Gasteiger partial charge in [0.2, 0.25) is 10.0 Å². The summed E-state index contributed by atoms with van der Waals surface area (Å²) in [5, 5.41) is 3.03. The minimum Gasteiger partial charge on any atom is -0.348 e. The van der Waals surface area contributed by atoms with Crippen LogP contribution >= 0.6 is 0 Å². The van der Waals surface area contributed by atoms with E-state index in [0.29, 0.717) is 24.2 Å². The van der Waals surface area contributed by atoms with E-state index in [1.807, 2.05) is 25.1 Å². The van der Waals surface area contributed by atoms with Crippen molar-refractivity contribution < 1.29 is 18.1 Å². The minimum absolute atomic E-state index is 0.136. The maximum atomic E-state index is 12.8. The predicted octanol–water partition coefficient (Wildman–Crippen LogP) is 1.75. The molecule has 0 radical (unpaired) electrons. The summed E-state index contributed by atoms with van der Waals surface area (Å²) < 4.78 is 25.6. The van der Waals surface area contributed by atoms with Gasteiger partial charge in [-0.15, -0.1) is 0 Å².